The lowest BCUT2D eigenvalue weighted by atomic mass is 10.2. The number of aromatic nitrogens is 3. The summed E-state index contributed by atoms with van der Waals surface area (Å²) >= 11 is 0. The van der Waals surface area contributed by atoms with E-state index in [9.17, 15) is 4.79 Å². The Labute approximate surface area is 133 Å². The van der Waals surface area contributed by atoms with Gasteiger partial charge in [-0.15, -0.1) is 5.10 Å². The zero-order valence-corrected chi connectivity index (χ0v) is 12.6. The van der Waals surface area contributed by atoms with Crippen LogP contribution in [0.4, 0.5) is 11.6 Å². The predicted octanol–water partition coefficient (Wildman–Crippen LogP) is 1.41. The Morgan fingerprint density at radius 1 is 1.39 bits per heavy atom. The van der Waals surface area contributed by atoms with Crippen molar-refractivity contribution in [2.24, 2.45) is 0 Å². The maximum atomic E-state index is 12.1. The highest BCUT2D eigenvalue weighted by Gasteiger charge is 2.24. The van der Waals surface area contributed by atoms with E-state index in [4.69, 9.17) is 11.5 Å². The maximum absolute atomic E-state index is 12.1. The first-order chi connectivity index (χ1) is 11.1. The standard InChI is InChI=1S/C16H18N6O/c1-2-10(16(23)20-11-6-7-11)9-22-15(18)13(14(17)21-22)12-5-3-4-8-19-12/h2-5,8-9,11H,1,6-7,18H2,(H2,17,21)(H,20,23)/b10-9+. The van der Waals surface area contributed by atoms with Crippen molar-refractivity contribution in [2.45, 2.75) is 18.9 Å². The van der Waals surface area contributed by atoms with E-state index in [0.717, 1.165) is 12.8 Å². The molecular formula is C16H18N6O. The van der Waals surface area contributed by atoms with Gasteiger partial charge in [-0.05, 0) is 25.0 Å². The maximum Gasteiger partial charge on any atom is 0.253 e. The van der Waals surface area contributed by atoms with Gasteiger partial charge in [0.05, 0.1) is 16.8 Å². The fourth-order valence-corrected chi connectivity index (χ4v) is 2.17. The van der Waals surface area contributed by atoms with Gasteiger partial charge in [0.25, 0.3) is 5.91 Å². The molecular weight excluding hydrogens is 292 g/mol. The van der Waals surface area contributed by atoms with Crippen molar-refractivity contribution in [3.63, 3.8) is 0 Å². The van der Waals surface area contributed by atoms with E-state index in [-0.39, 0.29) is 17.8 Å². The quantitative estimate of drug-likeness (QED) is 0.571. The van der Waals surface area contributed by atoms with Crippen LogP contribution in [0, 0.1) is 0 Å². The monoisotopic (exact) mass is 310 g/mol. The second-order valence-electron chi connectivity index (χ2n) is 5.34. The van der Waals surface area contributed by atoms with E-state index in [1.165, 1.54) is 17.0 Å². The minimum Gasteiger partial charge on any atom is -0.383 e. The molecule has 1 amide bonds. The zero-order valence-electron chi connectivity index (χ0n) is 12.6. The third-order valence-electron chi connectivity index (χ3n) is 3.55. The molecule has 0 unspecified atom stereocenters. The molecule has 0 aromatic carbocycles. The van der Waals surface area contributed by atoms with Gasteiger partial charge < -0.3 is 16.8 Å². The molecule has 0 spiro atoms. The lowest BCUT2D eigenvalue weighted by Gasteiger charge is -2.05. The number of nitrogens with zero attached hydrogens (tertiary/aromatic N) is 3. The molecule has 0 aliphatic heterocycles. The molecule has 0 radical (unpaired) electrons. The molecule has 7 nitrogen and oxygen atoms in total. The van der Waals surface area contributed by atoms with Gasteiger partial charge in [-0.3, -0.25) is 9.78 Å². The number of carbonyl (C=O) groups is 1. The molecule has 2 aromatic heterocycles. The van der Waals surface area contributed by atoms with Gasteiger partial charge in [0.2, 0.25) is 0 Å². The SMILES string of the molecule is C=C/C(=C\n1nc(N)c(-c2ccccn2)c1N)C(=O)NC1CC1. The highest BCUT2D eigenvalue weighted by Crippen LogP contribution is 2.30. The van der Waals surface area contributed by atoms with Crippen LogP contribution in [0.15, 0.2) is 42.6 Å². The van der Waals surface area contributed by atoms with Crippen molar-refractivity contribution in [3.05, 3.63) is 42.6 Å². The lowest BCUT2D eigenvalue weighted by molar-refractivity contribution is -0.117. The van der Waals surface area contributed by atoms with E-state index in [2.05, 4.69) is 22.0 Å². The van der Waals surface area contributed by atoms with E-state index < -0.39 is 0 Å². The van der Waals surface area contributed by atoms with E-state index >= 15 is 0 Å². The van der Waals surface area contributed by atoms with Gasteiger partial charge >= 0.3 is 0 Å². The number of amides is 1. The molecule has 23 heavy (non-hydrogen) atoms. The number of carbonyl (C=O) groups excluding carboxylic acids is 1. The number of nitrogen functional groups attached to an aromatic ring is 2. The van der Waals surface area contributed by atoms with Crippen molar-refractivity contribution in [2.75, 3.05) is 11.5 Å². The van der Waals surface area contributed by atoms with Crippen LogP contribution < -0.4 is 16.8 Å². The Bertz CT molecular complexity index is 773. The molecule has 1 aliphatic carbocycles. The first kappa shape index (κ1) is 14.8. The molecule has 2 heterocycles. The number of nitrogens with one attached hydrogen (secondary N) is 1. The van der Waals surface area contributed by atoms with E-state index in [1.54, 1.807) is 18.3 Å². The molecule has 0 atom stereocenters. The highest BCUT2D eigenvalue weighted by molar-refractivity contribution is 5.99. The van der Waals surface area contributed by atoms with E-state index in [0.29, 0.717) is 22.6 Å². The average Bonchev–Trinajstić information content (AvgIpc) is 3.31. The Morgan fingerprint density at radius 2 is 2.17 bits per heavy atom. The molecule has 0 saturated heterocycles. The minimum absolute atomic E-state index is 0.199. The number of rotatable bonds is 5. The summed E-state index contributed by atoms with van der Waals surface area (Å²) in [6.45, 7) is 3.67. The van der Waals surface area contributed by atoms with E-state index in [1.807, 2.05) is 6.07 Å². The van der Waals surface area contributed by atoms with Crippen LogP contribution in [0.2, 0.25) is 0 Å². The number of hydrogen-bond acceptors (Lipinski definition) is 5. The minimum atomic E-state index is -0.199. The van der Waals surface area contributed by atoms with Crippen LogP contribution in [-0.2, 0) is 4.79 Å². The molecule has 1 fully saturated rings. The first-order valence-corrected chi connectivity index (χ1v) is 7.30. The van der Waals surface area contributed by atoms with Gasteiger partial charge in [-0.25, -0.2) is 4.68 Å². The largest absolute Gasteiger partial charge is 0.383 e. The summed E-state index contributed by atoms with van der Waals surface area (Å²) < 4.78 is 1.38. The topological polar surface area (TPSA) is 112 Å². The van der Waals surface area contributed by atoms with Crippen LogP contribution in [0.1, 0.15) is 12.8 Å². The Morgan fingerprint density at radius 3 is 2.78 bits per heavy atom. The molecule has 0 bridgehead atoms. The summed E-state index contributed by atoms with van der Waals surface area (Å²) in [5.74, 6) is 0.374. The normalized spacial score (nSPS) is 14.5. The van der Waals surface area contributed by atoms with Gasteiger partial charge in [-0.1, -0.05) is 18.7 Å². The van der Waals surface area contributed by atoms with Crippen LogP contribution >= 0.6 is 0 Å². The average molecular weight is 310 g/mol. The van der Waals surface area contributed by atoms with Crippen LogP contribution in [-0.4, -0.2) is 26.7 Å². The molecule has 1 saturated carbocycles. The Balaban J connectivity index is 1.95. The van der Waals surface area contributed by atoms with Crippen molar-refractivity contribution < 1.29 is 4.79 Å². The fraction of sp³-hybridized carbons (Fsp3) is 0.188. The molecule has 5 N–H and O–H groups in total. The summed E-state index contributed by atoms with van der Waals surface area (Å²) in [6, 6.07) is 5.70. The molecule has 1 aliphatic rings. The van der Waals surface area contributed by atoms with Gasteiger partial charge in [0, 0.05) is 18.4 Å². The smallest absolute Gasteiger partial charge is 0.253 e. The summed E-state index contributed by atoms with van der Waals surface area (Å²) in [6.07, 6.45) is 6.66. The first-order valence-electron chi connectivity index (χ1n) is 7.30. The van der Waals surface area contributed by atoms with Crippen molar-refractivity contribution in [3.8, 4) is 11.3 Å². The van der Waals surface area contributed by atoms with Crippen molar-refractivity contribution in [1.82, 2.24) is 20.1 Å². The van der Waals surface area contributed by atoms with Crippen LogP contribution in [0.3, 0.4) is 0 Å². The molecule has 7 heteroatoms. The number of anilines is 2. The fourth-order valence-electron chi connectivity index (χ4n) is 2.17. The van der Waals surface area contributed by atoms with Crippen LogP contribution in [0.5, 0.6) is 0 Å². The third kappa shape index (κ3) is 3.08. The summed E-state index contributed by atoms with van der Waals surface area (Å²) in [4.78, 5) is 16.4. The van der Waals surface area contributed by atoms with Gasteiger partial charge in [0.15, 0.2) is 5.82 Å². The third-order valence-corrected chi connectivity index (χ3v) is 3.55. The van der Waals surface area contributed by atoms with Crippen molar-refractivity contribution in [1.29, 1.82) is 0 Å². The highest BCUT2D eigenvalue weighted by atomic mass is 16.1. The Kier molecular flexibility index (Phi) is 3.84. The van der Waals surface area contributed by atoms with Gasteiger partial charge in [0.1, 0.15) is 5.82 Å². The number of pyridine rings is 1. The number of hydrogen-bond donors (Lipinski definition) is 3. The predicted molar refractivity (Wildman–Crippen MR) is 89.9 cm³/mol. The number of nitrogens with two attached hydrogens (primary N) is 2. The summed E-state index contributed by atoms with van der Waals surface area (Å²) in [5.41, 5.74) is 13.6. The van der Waals surface area contributed by atoms with Gasteiger partial charge in [-0.2, -0.15) is 0 Å². The summed E-state index contributed by atoms with van der Waals surface area (Å²) in [5, 5.41) is 7.07. The van der Waals surface area contributed by atoms with Crippen LogP contribution in [0.25, 0.3) is 17.5 Å². The second-order valence-corrected chi connectivity index (χ2v) is 5.34. The Hall–Kier alpha value is -3.09. The molecule has 118 valence electrons. The molecule has 3 rings (SSSR count). The zero-order chi connectivity index (χ0) is 16.4. The lowest BCUT2D eigenvalue weighted by Crippen LogP contribution is -2.26. The molecule has 2 aromatic rings. The van der Waals surface area contributed by atoms with Crippen molar-refractivity contribution >= 4 is 23.7 Å². The second kappa shape index (κ2) is 5.96. The summed E-state index contributed by atoms with van der Waals surface area (Å²) in [7, 11) is 0.